The second-order valence-corrected chi connectivity index (χ2v) is 7.08. The smallest absolute Gasteiger partial charge is 0.225 e. The van der Waals surface area contributed by atoms with Crippen molar-refractivity contribution < 1.29 is 4.79 Å². The van der Waals surface area contributed by atoms with E-state index >= 15 is 0 Å². The maximum atomic E-state index is 12.7. The maximum absolute atomic E-state index is 12.7. The highest BCUT2D eigenvalue weighted by Gasteiger charge is 2.26. The Hall–Kier alpha value is -3.02. The van der Waals surface area contributed by atoms with Gasteiger partial charge in [0, 0.05) is 32.0 Å². The number of carbonyl (C=O) groups is 1. The number of fused-ring (bicyclic) bond motifs is 1. The maximum Gasteiger partial charge on any atom is 0.225 e. The molecule has 1 N–H and O–H groups in total. The van der Waals surface area contributed by atoms with Crippen molar-refractivity contribution in [3.8, 4) is 0 Å². The highest BCUT2D eigenvalue weighted by molar-refractivity contribution is 5.80. The number of benzene rings is 1. The van der Waals surface area contributed by atoms with Crippen molar-refractivity contribution in [2.24, 2.45) is 5.92 Å². The summed E-state index contributed by atoms with van der Waals surface area (Å²) in [6.45, 7) is 4.26. The van der Waals surface area contributed by atoms with Crippen LogP contribution in [-0.2, 0) is 11.3 Å². The van der Waals surface area contributed by atoms with Crippen LogP contribution in [0.25, 0.3) is 11.2 Å². The first-order valence-electron chi connectivity index (χ1n) is 9.34. The Morgan fingerprint density at radius 3 is 2.85 bits per heavy atom. The molecule has 2 aromatic heterocycles. The van der Waals surface area contributed by atoms with E-state index in [1.165, 1.54) is 5.56 Å². The van der Waals surface area contributed by atoms with Gasteiger partial charge in [-0.1, -0.05) is 29.8 Å². The third-order valence-corrected chi connectivity index (χ3v) is 5.05. The second kappa shape index (κ2) is 7.70. The first-order valence-corrected chi connectivity index (χ1v) is 9.34. The second-order valence-electron chi connectivity index (χ2n) is 7.08. The topological polar surface area (TPSA) is 71.0 Å². The summed E-state index contributed by atoms with van der Waals surface area (Å²) in [5.74, 6) is 0.107. The van der Waals surface area contributed by atoms with Gasteiger partial charge in [-0.2, -0.15) is 0 Å². The zero-order valence-corrected chi connectivity index (χ0v) is 15.4. The zero-order valence-electron chi connectivity index (χ0n) is 15.4. The van der Waals surface area contributed by atoms with Crippen LogP contribution in [0.5, 0.6) is 0 Å². The molecule has 1 amide bonds. The van der Waals surface area contributed by atoms with E-state index in [4.69, 9.17) is 0 Å². The lowest BCUT2D eigenvalue weighted by Gasteiger charge is -2.33. The van der Waals surface area contributed by atoms with Crippen LogP contribution < -0.4 is 10.2 Å². The molecule has 138 valence electrons. The summed E-state index contributed by atoms with van der Waals surface area (Å²) in [6.07, 6.45) is 7.04. The Kier molecular flexibility index (Phi) is 4.96. The summed E-state index contributed by atoms with van der Waals surface area (Å²) in [7, 11) is 0. The standard InChI is InChI=1S/C21H23N5O/c1-15-4-6-16(7-5-15)12-25-21(27)17-3-2-10-26(14-17)18-11-19-20(24-13-18)23-9-8-22-19/h4-9,11,13,17H,2-3,10,12,14H2,1H3,(H,25,27)/t17-/m0/s1. The van der Waals surface area contributed by atoms with Crippen LogP contribution in [0.1, 0.15) is 24.0 Å². The van der Waals surface area contributed by atoms with Gasteiger partial charge in [0.05, 0.1) is 17.8 Å². The molecule has 27 heavy (non-hydrogen) atoms. The van der Waals surface area contributed by atoms with Crippen LogP contribution in [0.3, 0.4) is 0 Å². The molecular formula is C21H23N5O. The largest absolute Gasteiger partial charge is 0.369 e. The van der Waals surface area contributed by atoms with Gasteiger partial charge >= 0.3 is 0 Å². The Morgan fingerprint density at radius 2 is 2.00 bits per heavy atom. The first-order chi connectivity index (χ1) is 13.2. The zero-order chi connectivity index (χ0) is 18.6. The minimum Gasteiger partial charge on any atom is -0.369 e. The predicted octanol–water partition coefficient (Wildman–Crippen LogP) is 2.87. The van der Waals surface area contributed by atoms with Crippen LogP contribution in [0, 0.1) is 12.8 Å². The van der Waals surface area contributed by atoms with Gasteiger partial charge < -0.3 is 10.2 Å². The monoisotopic (exact) mass is 361 g/mol. The highest BCUT2D eigenvalue weighted by atomic mass is 16.1. The number of amides is 1. The van der Waals surface area contributed by atoms with E-state index in [9.17, 15) is 4.79 Å². The molecule has 1 aromatic carbocycles. The summed E-state index contributed by atoms with van der Waals surface area (Å²) >= 11 is 0. The molecule has 1 saturated heterocycles. The third kappa shape index (κ3) is 4.05. The molecule has 1 atom stereocenters. The van der Waals surface area contributed by atoms with Gasteiger partial charge in [-0.05, 0) is 31.4 Å². The minimum atomic E-state index is -0.0123. The molecule has 0 unspecified atom stereocenters. The lowest BCUT2D eigenvalue weighted by Crippen LogP contribution is -2.43. The number of hydrogen-bond donors (Lipinski definition) is 1. The fourth-order valence-corrected chi connectivity index (χ4v) is 3.49. The summed E-state index contributed by atoms with van der Waals surface area (Å²) in [6, 6.07) is 10.3. The van der Waals surface area contributed by atoms with Crippen molar-refractivity contribution in [2.45, 2.75) is 26.3 Å². The average molecular weight is 361 g/mol. The molecule has 1 aliphatic heterocycles. The Balaban J connectivity index is 1.40. The van der Waals surface area contributed by atoms with Crippen molar-refractivity contribution >= 4 is 22.8 Å². The number of carbonyl (C=O) groups excluding carboxylic acids is 1. The van der Waals surface area contributed by atoms with Crippen LogP contribution >= 0.6 is 0 Å². The molecule has 0 bridgehead atoms. The number of pyridine rings is 1. The molecule has 6 heteroatoms. The minimum absolute atomic E-state index is 0.0123. The van der Waals surface area contributed by atoms with Gasteiger partial charge in [0.1, 0.15) is 5.52 Å². The van der Waals surface area contributed by atoms with Crippen molar-refractivity contribution in [3.05, 3.63) is 60.0 Å². The molecule has 3 aromatic rings. The van der Waals surface area contributed by atoms with Gasteiger partial charge in [0.15, 0.2) is 5.65 Å². The Labute approximate surface area is 158 Å². The van der Waals surface area contributed by atoms with Crippen LogP contribution in [0.4, 0.5) is 5.69 Å². The molecule has 0 radical (unpaired) electrons. The first kappa shape index (κ1) is 17.4. The fraction of sp³-hybridized carbons (Fsp3) is 0.333. The van der Waals surface area contributed by atoms with Crippen molar-refractivity contribution in [1.29, 1.82) is 0 Å². The third-order valence-electron chi connectivity index (χ3n) is 5.05. The van der Waals surface area contributed by atoms with E-state index in [2.05, 4.69) is 56.4 Å². The molecule has 0 aliphatic carbocycles. The molecule has 1 aliphatic rings. The van der Waals surface area contributed by atoms with E-state index in [0.717, 1.165) is 36.2 Å². The normalized spacial score (nSPS) is 17.1. The van der Waals surface area contributed by atoms with Gasteiger partial charge in [-0.25, -0.2) is 9.97 Å². The van der Waals surface area contributed by atoms with Gasteiger partial charge in [0.2, 0.25) is 5.91 Å². The summed E-state index contributed by atoms with van der Waals surface area (Å²) < 4.78 is 0. The summed E-state index contributed by atoms with van der Waals surface area (Å²) in [4.78, 5) is 27.8. The van der Waals surface area contributed by atoms with E-state index in [1.807, 2.05) is 12.3 Å². The molecule has 3 heterocycles. The summed E-state index contributed by atoms with van der Waals surface area (Å²) in [5.41, 5.74) is 4.77. The number of rotatable bonds is 4. The molecule has 1 fully saturated rings. The molecule has 6 nitrogen and oxygen atoms in total. The van der Waals surface area contributed by atoms with E-state index in [1.54, 1.807) is 12.4 Å². The molecular weight excluding hydrogens is 338 g/mol. The van der Waals surface area contributed by atoms with Gasteiger partial charge in [-0.15, -0.1) is 0 Å². The number of anilines is 1. The SMILES string of the molecule is Cc1ccc(CNC(=O)[C@H]2CCCN(c3cnc4nccnc4c3)C2)cc1. The van der Waals surface area contributed by atoms with Crippen LogP contribution in [0.15, 0.2) is 48.9 Å². The fourth-order valence-electron chi connectivity index (χ4n) is 3.49. The van der Waals surface area contributed by atoms with E-state index in [0.29, 0.717) is 18.7 Å². The lowest BCUT2D eigenvalue weighted by molar-refractivity contribution is -0.125. The number of aromatic nitrogens is 3. The Bertz CT molecular complexity index is 941. The predicted molar refractivity (Wildman–Crippen MR) is 105 cm³/mol. The van der Waals surface area contributed by atoms with Crippen LogP contribution in [0.2, 0.25) is 0 Å². The van der Waals surface area contributed by atoms with Crippen molar-refractivity contribution in [3.63, 3.8) is 0 Å². The van der Waals surface area contributed by atoms with Crippen molar-refractivity contribution in [1.82, 2.24) is 20.3 Å². The quantitative estimate of drug-likeness (QED) is 0.774. The lowest BCUT2D eigenvalue weighted by atomic mass is 9.96. The number of nitrogens with zero attached hydrogens (tertiary/aromatic N) is 4. The average Bonchev–Trinajstić information content (AvgIpc) is 2.73. The highest BCUT2D eigenvalue weighted by Crippen LogP contribution is 2.24. The molecule has 0 saturated carbocycles. The van der Waals surface area contributed by atoms with Crippen molar-refractivity contribution in [2.75, 3.05) is 18.0 Å². The van der Waals surface area contributed by atoms with Crippen LogP contribution in [-0.4, -0.2) is 33.9 Å². The number of hydrogen-bond acceptors (Lipinski definition) is 5. The Morgan fingerprint density at radius 1 is 1.19 bits per heavy atom. The van der Waals surface area contributed by atoms with E-state index in [-0.39, 0.29) is 11.8 Å². The number of nitrogens with one attached hydrogen (secondary N) is 1. The molecule has 0 spiro atoms. The molecule has 4 rings (SSSR count). The number of aryl methyl sites for hydroxylation is 1. The summed E-state index contributed by atoms with van der Waals surface area (Å²) in [5, 5.41) is 3.09. The van der Waals surface area contributed by atoms with E-state index < -0.39 is 0 Å². The van der Waals surface area contributed by atoms with Gasteiger partial charge in [0.25, 0.3) is 0 Å². The number of piperidine rings is 1. The van der Waals surface area contributed by atoms with Gasteiger partial charge in [-0.3, -0.25) is 9.78 Å².